The molecule has 2 atom stereocenters. The van der Waals surface area contributed by atoms with Crippen LogP contribution in [0.25, 0.3) is 10.9 Å². The van der Waals surface area contributed by atoms with Crippen molar-refractivity contribution in [3.8, 4) is 0 Å². The Morgan fingerprint density at radius 2 is 1.89 bits per heavy atom. The number of nitrogens with one attached hydrogen (secondary N) is 1. The van der Waals surface area contributed by atoms with Crippen molar-refractivity contribution in [2.75, 3.05) is 17.6 Å². The van der Waals surface area contributed by atoms with Gasteiger partial charge in [0.15, 0.2) is 0 Å². The van der Waals surface area contributed by atoms with Crippen LogP contribution in [0, 0.1) is 18.7 Å². The number of benzene rings is 1. The summed E-state index contributed by atoms with van der Waals surface area (Å²) in [5.74, 6) is -4.59. The predicted molar refractivity (Wildman–Crippen MR) is 138 cm³/mol. The highest BCUT2D eigenvalue weighted by Gasteiger charge is 2.57. The molecule has 0 saturated heterocycles. The van der Waals surface area contributed by atoms with Crippen LogP contribution >= 0.6 is 7.14 Å². The molecule has 1 saturated carbocycles. The van der Waals surface area contributed by atoms with Gasteiger partial charge < -0.3 is 15.0 Å². The van der Waals surface area contributed by atoms with Gasteiger partial charge in [-0.2, -0.15) is 8.78 Å². The van der Waals surface area contributed by atoms with Crippen LogP contribution in [0.5, 0.6) is 0 Å². The Morgan fingerprint density at radius 1 is 1.19 bits per heavy atom. The highest BCUT2D eigenvalue weighted by Crippen LogP contribution is 2.50. The van der Waals surface area contributed by atoms with E-state index in [1.54, 1.807) is 26.1 Å². The normalized spacial score (nSPS) is 20.0. The summed E-state index contributed by atoms with van der Waals surface area (Å²) < 4.78 is 59.8. The Labute approximate surface area is 213 Å². The Balaban J connectivity index is 1.50. The highest BCUT2D eigenvalue weighted by atomic mass is 31.2. The number of allylic oxidation sites excluding steroid dienone is 2. The van der Waals surface area contributed by atoms with Crippen LogP contribution in [-0.4, -0.2) is 38.0 Å². The predicted octanol–water partition coefficient (Wildman–Crippen LogP) is 5.85. The van der Waals surface area contributed by atoms with Gasteiger partial charge in [0.05, 0.1) is 23.3 Å². The summed E-state index contributed by atoms with van der Waals surface area (Å²) in [6, 6.07) is 4.81. The minimum atomic E-state index is -3.77. The molecule has 0 amide bonds. The van der Waals surface area contributed by atoms with Crippen molar-refractivity contribution in [2.24, 2.45) is 5.92 Å². The quantitative estimate of drug-likeness (QED) is 0.295. The number of pyridine rings is 1. The maximum atomic E-state index is 15.6. The molecule has 5 rings (SSSR count). The third-order valence-electron chi connectivity index (χ3n) is 7.79. The molecule has 1 fully saturated rings. The molecule has 3 heterocycles. The second-order valence-corrected chi connectivity index (χ2v) is 13.3. The van der Waals surface area contributed by atoms with E-state index in [4.69, 9.17) is 0 Å². The van der Waals surface area contributed by atoms with Crippen LogP contribution < -0.4 is 10.8 Å². The van der Waals surface area contributed by atoms with Crippen molar-refractivity contribution in [3.05, 3.63) is 65.4 Å². The summed E-state index contributed by atoms with van der Waals surface area (Å²) in [6.07, 6.45) is 7.94. The summed E-state index contributed by atoms with van der Waals surface area (Å²) in [7, 11) is -2.68. The molecule has 1 aliphatic carbocycles. The van der Waals surface area contributed by atoms with Crippen LogP contribution in [-0.2, 0) is 10.5 Å². The van der Waals surface area contributed by atoms with E-state index in [1.807, 2.05) is 12.2 Å². The number of anilines is 1. The van der Waals surface area contributed by atoms with Crippen molar-refractivity contribution in [1.82, 2.24) is 15.0 Å². The van der Waals surface area contributed by atoms with Crippen molar-refractivity contribution in [1.29, 1.82) is 0 Å². The molecular formula is C27H30F3N4O2P. The molecule has 0 unspecified atom stereocenters. The molecule has 3 aromatic rings. The largest absolute Gasteiger partial charge is 0.383 e. The third kappa shape index (κ3) is 4.36. The molecule has 10 heteroatoms. The zero-order valence-electron chi connectivity index (χ0n) is 21.0. The van der Waals surface area contributed by atoms with Crippen molar-refractivity contribution < 1.29 is 22.8 Å². The number of fused-ring (bicyclic) bond motifs is 1. The summed E-state index contributed by atoms with van der Waals surface area (Å²) >= 11 is 0. The van der Waals surface area contributed by atoms with Crippen LogP contribution in [0.15, 0.2) is 42.6 Å². The Hall–Kier alpha value is -2.77. The monoisotopic (exact) mass is 530 g/mol. The standard InChI is InChI=1S/C27H30F3N4O2P/c1-16(19-10-7-11-21(24(19)28)27(29,30)26(3,35)18-8-6-9-18)32-25-20-14-23(37(36)12-4-5-13-37)31-15-22(20)33-17(2)34-25/h4-5,7,10-11,14-16,18,35H,6,8-9,12-13H2,1-3H3,(H,32,33,34)/t16-,26-/m1/s1. The number of aromatic nitrogens is 3. The lowest BCUT2D eigenvalue weighted by atomic mass is 9.69. The smallest absolute Gasteiger partial charge is 0.304 e. The van der Waals surface area contributed by atoms with E-state index in [0.29, 0.717) is 53.1 Å². The van der Waals surface area contributed by atoms with Gasteiger partial charge in [0.1, 0.15) is 35.6 Å². The number of aliphatic hydroxyl groups is 1. The van der Waals surface area contributed by atoms with Gasteiger partial charge in [-0.1, -0.05) is 30.7 Å². The molecule has 37 heavy (non-hydrogen) atoms. The minimum absolute atomic E-state index is 0.0214. The fourth-order valence-electron chi connectivity index (χ4n) is 5.13. The third-order valence-corrected chi connectivity index (χ3v) is 10.5. The Bertz CT molecular complexity index is 1430. The number of hydrogen-bond acceptors (Lipinski definition) is 6. The second-order valence-electron chi connectivity index (χ2n) is 10.3. The van der Waals surface area contributed by atoms with E-state index in [1.165, 1.54) is 12.1 Å². The zero-order chi connectivity index (χ0) is 26.6. The molecule has 1 aliphatic heterocycles. The van der Waals surface area contributed by atoms with Gasteiger partial charge in [-0.3, -0.25) is 4.98 Å². The van der Waals surface area contributed by atoms with Gasteiger partial charge in [-0.05, 0) is 51.7 Å². The summed E-state index contributed by atoms with van der Waals surface area (Å²) in [5, 5.41) is 14.4. The Kier molecular flexibility index (Phi) is 6.44. The van der Waals surface area contributed by atoms with Crippen LogP contribution in [0.2, 0.25) is 0 Å². The second kappa shape index (κ2) is 9.21. The number of aryl methyl sites for hydroxylation is 1. The van der Waals surface area contributed by atoms with Gasteiger partial charge in [0.25, 0.3) is 0 Å². The fourth-order valence-corrected chi connectivity index (χ4v) is 7.27. The van der Waals surface area contributed by atoms with E-state index in [2.05, 4.69) is 20.3 Å². The van der Waals surface area contributed by atoms with Crippen LogP contribution in [0.4, 0.5) is 19.0 Å². The summed E-state index contributed by atoms with van der Waals surface area (Å²) in [6.45, 7) is 4.45. The molecule has 2 aromatic heterocycles. The van der Waals surface area contributed by atoms with Crippen LogP contribution in [0.3, 0.4) is 0 Å². The van der Waals surface area contributed by atoms with Crippen molar-refractivity contribution >= 4 is 29.3 Å². The van der Waals surface area contributed by atoms with Gasteiger partial charge in [0, 0.05) is 23.3 Å². The molecule has 6 nitrogen and oxygen atoms in total. The lowest BCUT2D eigenvalue weighted by molar-refractivity contribution is -0.218. The van der Waals surface area contributed by atoms with Gasteiger partial charge >= 0.3 is 5.92 Å². The van der Waals surface area contributed by atoms with E-state index >= 15 is 13.2 Å². The average molecular weight is 531 g/mol. The van der Waals surface area contributed by atoms with E-state index < -0.39 is 42.0 Å². The minimum Gasteiger partial charge on any atom is -0.383 e. The number of halogens is 3. The molecule has 2 aliphatic rings. The topological polar surface area (TPSA) is 88.0 Å². The number of hydrogen-bond donors (Lipinski definition) is 2. The number of alkyl halides is 2. The van der Waals surface area contributed by atoms with E-state index in [-0.39, 0.29) is 5.56 Å². The molecule has 0 spiro atoms. The first-order valence-electron chi connectivity index (χ1n) is 12.5. The first-order valence-corrected chi connectivity index (χ1v) is 14.6. The molecule has 0 bridgehead atoms. The van der Waals surface area contributed by atoms with Gasteiger partial charge in [0.2, 0.25) is 0 Å². The molecule has 196 valence electrons. The Morgan fingerprint density at radius 3 is 2.54 bits per heavy atom. The lowest BCUT2D eigenvalue weighted by Gasteiger charge is -2.43. The van der Waals surface area contributed by atoms with E-state index in [9.17, 15) is 9.67 Å². The maximum absolute atomic E-state index is 15.6. The van der Waals surface area contributed by atoms with Crippen LogP contribution in [0.1, 0.15) is 56.1 Å². The first-order chi connectivity index (χ1) is 17.4. The average Bonchev–Trinajstić information content (AvgIpc) is 3.24. The highest BCUT2D eigenvalue weighted by molar-refractivity contribution is 7.72. The lowest BCUT2D eigenvalue weighted by Crippen LogP contribution is -2.52. The maximum Gasteiger partial charge on any atom is 0.304 e. The molecule has 1 aromatic carbocycles. The molecule has 2 N–H and O–H groups in total. The van der Waals surface area contributed by atoms with E-state index in [0.717, 1.165) is 19.4 Å². The molecule has 0 radical (unpaired) electrons. The number of rotatable bonds is 7. The van der Waals surface area contributed by atoms with Gasteiger partial charge in [-0.25, -0.2) is 14.4 Å². The fraction of sp³-hybridized carbons (Fsp3) is 0.444. The summed E-state index contributed by atoms with van der Waals surface area (Å²) in [4.78, 5) is 13.3. The zero-order valence-corrected chi connectivity index (χ0v) is 21.9. The first kappa shape index (κ1) is 25.9. The van der Waals surface area contributed by atoms with Gasteiger partial charge in [-0.15, -0.1) is 0 Å². The van der Waals surface area contributed by atoms with Crippen molar-refractivity contribution in [3.63, 3.8) is 0 Å². The SMILES string of the molecule is Cc1nc(N[C@H](C)c2cccc(C(F)(F)[C@](C)(O)C3CCC3)c2F)c2cc(P3(=O)CC=CC3)ncc2n1. The molecular weight excluding hydrogens is 500 g/mol. The summed E-state index contributed by atoms with van der Waals surface area (Å²) in [5.41, 5.74) is -2.15. The van der Waals surface area contributed by atoms with Crippen molar-refractivity contribution in [2.45, 2.75) is 57.6 Å². The number of nitrogens with zero attached hydrogens (tertiary/aromatic N) is 3.